The standard InChI is InChI=1S/C10H20N4O2/c1-16-7-2-4-11-8-10-9-14(13-12-10)5-3-6-15/h9,11,15H,2-8H2,1H3. The molecule has 0 unspecified atom stereocenters. The third kappa shape index (κ3) is 5.20. The molecule has 6 heteroatoms. The van der Waals surface area contributed by atoms with E-state index in [1.807, 2.05) is 6.20 Å². The van der Waals surface area contributed by atoms with Crippen molar-refractivity contribution in [2.75, 3.05) is 26.9 Å². The minimum absolute atomic E-state index is 0.185. The van der Waals surface area contributed by atoms with Crippen molar-refractivity contribution in [3.63, 3.8) is 0 Å². The van der Waals surface area contributed by atoms with E-state index in [1.165, 1.54) is 0 Å². The van der Waals surface area contributed by atoms with Gasteiger partial charge in [0, 0.05) is 39.6 Å². The fourth-order valence-electron chi connectivity index (χ4n) is 1.32. The van der Waals surface area contributed by atoms with E-state index in [2.05, 4.69) is 15.6 Å². The van der Waals surface area contributed by atoms with Gasteiger partial charge in [0.25, 0.3) is 0 Å². The molecular formula is C10H20N4O2. The van der Waals surface area contributed by atoms with E-state index in [9.17, 15) is 0 Å². The van der Waals surface area contributed by atoms with Crippen molar-refractivity contribution in [2.45, 2.75) is 25.9 Å². The Morgan fingerprint density at radius 3 is 3.12 bits per heavy atom. The molecule has 1 aromatic rings. The van der Waals surface area contributed by atoms with E-state index in [0.717, 1.165) is 31.8 Å². The molecule has 1 rings (SSSR count). The predicted molar refractivity (Wildman–Crippen MR) is 59.9 cm³/mol. The number of methoxy groups -OCH3 is 1. The topological polar surface area (TPSA) is 72.2 Å². The Labute approximate surface area is 95.6 Å². The van der Waals surface area contributed by atoms with Crippen molar-refractivity contribution in [1.82, 2.24) is 20.3 Å². The molecule has 0 atom stereocenters. The van der Waals surface area contributed by atoms with Gasteiger partial charge in [0.1, 0.15) is 0 Å². The summed E-state index contributed by atoms with van der Waals surface area (Å²) in [5.74, 6) is 0. The second-order valence-electron chi connectivity index (χ2n) is 3.57. The molecule has 0 saturated heterocycles. The smallest absolute Gasteiger partial charge is 0.0964 e. The second kappa shape index (κ2) is 8.20. The van der Waals surface area contributed by atoms with Gasteiger partial charge in [-0.1, -0.05) is 5.21 Å². The van der Waals surface area contributed by atoms with Gasteiger partial charge in [-0.3, -0.25) is 4.68 Å². The van der Waals surface area contributed by atoms with E-state index < -0.39 is 0 Å². The van der Waals surface area contributed by atoms with Crippen molar-refractivity contribution >= 4 is 0 Å². The predicted octanol–water partition coefficient (Wildman–Crippen LogP) is -0.213. The van der Waals surface area contributed by atoms with Crippen LogP contribution in [0, 0.1) is 0 Å². The van der Waals surface area contributed by atoms with Crippen LogP contribution in [0.15, 0.2) is 6.20 Å². The minimum Gasteiger partial charge on any atom is -0.396 e. The van der Waals surface area contributed by atoms with Gasteiger partial charge in [-0.15, -0.1) is 5.10 Å². The van der Waals surface area contributed by atoms with Gasteiger partial charge >= 0.3 is 0 Å². The van der Waals surface area contributed by atoms with E-state index in [4.69, 9.17) is 9.84 Å². The molecular weight excluding hydrogens is 208 g/mol. The molecule has 0 aliphatic heterocycles. The number of aryl methyl sites for hydroxylation is 1. The first-order valence-corrected chi connectivity index (χ1v) is 5.56. The highest BCUT2D eigenvalue weighted by atomic mass is 16.5. The summed E-state index contributed by atoms with van der Waals surface area (Å²) in [5.41, 5.74) is 0.926. The average molecular weight is 228 g/mol. The van der Waals surface area contributed by atoms with Crippen LogP contribution in [-0.4, -0.2) is 47.0 Å². The van der Waals surface area contributed by atoms with Gasteiger partial charge in [0.05, 0.1) is 5.69 Å². The zero-order valence-electron chi connectivity index (χ0n) is 9.72. The van der Waals surface area contributed by atoms with Crippen molar-refractivity contribution in [2.24, 2.45) is 0 Å². The average Bonchev–Trinajstić information content (AvgIpc) is 2.74. The first-order valence-electron chi connectivity index (χ1n) is 5.56. The van der Waals surface area contributed by atoms with E-state index >= 15 is 0 Å². The van der Waals surface area contributed by atoms with Crippen LogP contribution in [0.25, 0.3) is 0 Å². The summed E-state index contributed by atoms with van der Waals surface area (Å²) in [6.07, 6.45) is 3.61. The minimum atomic E-state index is 0.185. The van der Waals surface area contributed by atoms with Gasteiger partial charge in [-0.05, 0) is 19.4 Å². The van der Waals surface area contributed by atoms with E-state index in [-0.39, 0.29) is 6.61 Å². The van der Waals surface area contributed by atoms with Gasteiger partial charge in [0.15, 0.2) is 0 Å². The van der Waals surface area contributed by atoms with Crippen molar-refractivity contribution in [1.29, 1.82) is 0 Å². The monoisotopic (exact) mass is 228 g/mol. The molecule has 0 aliphatic rings. The fraction of sp³-hybridized carbons (Fsp3) is 0.800. The lowest BCUT2D eigenvalue weighted by atomic mass is 10.4. The number of nitrogens with zero attached hydrogens (tertiary/aromatic N) is 3. The molecule has 0 bridgehead atoms. The molecule has 0 aromatic carbocycles. The van der Waals surface area contributed by atoms with Gasteiger partial charge < -0.3 is 15.2 Å². The van der Waals surface area contributed by atoms with Gasteiger partial charge in [-0.2, -0.15) is 0 Å². The first kappa shape index (κ1) is 13.1. The largest absolute Gasteiger partial charge is 0.396 e. The van der Waals surface area contributed by atoms with Crippen molar-refractivity contribution < 1.29 is 9.84 Å². The summed E-state index contributed by atoms with van der Waals surface area (Å²) < 4.78 is 6.70. The Morgan fingerprint density at radius 1 is 1.50 bits per heavy atom. The van der Waals surface area contributed by atoms with Crippen LogP contribution in [-0.2, 0) is 17.8 Å². The highest BCUT2D eigenvalue weighted by Gasteiger charge is 1.99. The summed E-state index contributed by atoms with van der Waals surface area (Å²) in [7, 11) is 1.70. The maximum atomic E-state index is 8.67. The van der Waals surface area contributed by atoms with Crippen LogP contribution >= 0.6 is 0 Å². The Kier molecular flexibility index (Phi) is 6.71. The Balaban J connectivity index is 2.14. The maximum Gasteiger partial charge on any atom is 0.0964 e. The number of rotatable bonds is 9. The third-order valence-electron chi connectivity index (χ3n) is 2.14. The highest BCUT2D eigenvalue weighted by molar-refractivity contribution is 4.91. The Bertz CT molecular complexity index is 278. The molecule has 6 nitrogen and oxygen atoms in total. The number of aromatic nitrogens is 3. The lowest BCUT2D eigenvalue weighted by Crippen LogP contribution is -2.16. The molecule has 16 heavy (non-hydrogen) atoms. The van der Waals surface area contributed by atoms with Gasteiger partial charge in [-0.25, -0.2) is 0 Å². The molecule has 0 amide bonds. The molecule has 1 aromatic heterocycles. The summed E-state index contributed by atoms with van der Waals surface area (Å²) >= 11 is 0. The van der Waals surface area contributed by atoms with Gasteiger partial charge in [0.2, 0.25) is 0 Å². The molecule has 0 spiro atoms. The first-order chi connectivity index (χ1) is 7.86. The zero-order chi connectivity index (χ0) is 11.6. The SMILES string of the molecule is COCCCNCc1cn(CCCO)nn1. The molecule has 0 saturated carbocycles. The molecule has 92 valence electrons. The van der Waals surface area contributed by atoms with Crippen LogP contribution in [0.2, 0.25) is 0 Å². The van der Waals surface area contributed by atoms with Crippen LogP contribution in [0.5, 0.6) is 0 Å². The number of nitrogens with one attached hydrogen (secondary N) is 1. The van der Waals surface area contributed by atoms with Crippen molar-refractivity contribution in [3.8, 4) is 0 Å². The summed E-state index contributed by atoms with van der Waals surface area (Å²) in [5, 5.41) is 19.9. The molecule has 0 aliphatic carbocycles. The molecule has 0 radical (unpaired) electrons. The lowest BCUT2D eigenvalue weighted by molar-refractivity contribution is 0.194. The van der Waals surface area contributed by atoms with E-state index in [0.29, 0.717) is 13.0 Å². The zero-order valence-corrected chi connectivity index (χ0v) is 9.72. The summed E-state index contributed by atoms with van der Waals surface area (Å²) in [6.45, 7) is 3.31. The number of aliphatic hydroxyl groups is 1. The Hall–Kier alpha value is -0.980. The Morgan fingerprint density at radius 2 is 2.38 bits per heavy atom. The number of ether oxygens (including phenoxy) is 1. The number of aliphatic hydroxyl groups excluding tert-OH is 1. The highest BCUT2D eigenvalue weighted by Crippen LogP contribution is 1.94. The van der Waals surface area contributed by atoms with E-state index in [1.54, 1.807) is 11.8 Å². The maximum absolute atomic E-state index is 8.67. The third-order valence-corrected chi connectivity index (χ3v) is 2.14. The quantitative estimate of drug-likeness (QED) is 0.572. The van der Waals surface area contributed by atoms with Crippen LogP contribution in [0.3, 0.4) is 0 Å². The van der Waals surface area contributed by atoms with Crippen molar-refractivity contribution in [3.05, 3.63) is 11.9 Å². The summed E-state index contributed by atoms with van der Waals surface area (Å²) in [4.78, 5) is 0. The summed E-state index contributed by atoms with van der Waals surface area (Å²) in [6, 6.07) is 0. The number of hydrogen-bond acceptors (Lipinski definition) is 5. The van der Waals surface area contributed by atoms with Crippen LogP contribution < -0.4 is 5.32 Å². The van der Waals surface area contributed by atoms with Crippen LogP contribution in [0.4, 0.5) is 0 Å². The normalized spacial score (nSPS) is 10.9. The fourth-order valence-corrected chi connectivity index (χ4v) is 1.32. The number of hydrogen-bond donors (Lipinski definition) is 2. The molecule has 2 N–H and O–H groups in total. The molecule has 0 fully saturated rings. The van der Waals surface area contributed by atoms with Crippen LogP contribution in [0.1, 0.15) is 18.5 Å². The molecule has 1 heterocycles. The lowest BCUT2D eigenvalue weighted by Gasteiger charge is -2.00. The second-order valence-corrected chi connectivity index (χ2v) is 3.57.